The van der Waals surface area contributed by atoms with Crippen LogP contribution < -0.4 is 16.4 Å². The fourth-order valence-corrected chi connectivity index (χ4v) is 3.82. The van der Waals surface area contributed by atoms with E-state index < -0.39 is 0 Å². The van der Waals surface area contributed by atoms with Crippen molar-refractivity contribution in [3.05, 3.63) is 93.3 Å². The Bertz CT molecular complexity index is 1070. The van der Waals surface area contributed by atoms with E-state index in [0.717, 1.165) is 28.3 Å². The van der Waals surface area contributed by atoms with Gasteiger partial charge in [-0.25, -0.2) is 9.97 Å². The van der Waals surface area contributed by atoms with Crippen molar-refractivity contribution in [2.45, 2.75) is 6.42 Å². The number of halogens is 1. The number of anilines is 1. The molecule has 0 atom stereocenters. The predicted molar refractivity (Wildman–Crippen MR) is 120 cm³/mol. The number of nitrogens with zero attached hydrogens (tertiary/aromatic N) is 3. The summed E-state index contributed by atoms with van der Waals surface area (Å²) >= 11 is 7.62. The summed E-state index contributed by atoms with van der Waals surface area (Å²) in [5.74, 6) is 0.543. The number of pyridine rings is 1. The Morgan fingerprint density at radius 2 is 2.10 bits per heavy atom. The van der Waals surface area contributed by atoms with Crippen LogP contribution in [-0.2, 0) is 6.42 Å². The van der Waals surface area contributed by atoms with E-state index in [1.165, 1.54) is 11.8 Å². The van der Waals surface area contributed by atoms with Crippen LogP contribution in [0.1, 0.15) is 16.8 Å². The van der Waals surface area contributed by atoms with Crippen molar-refractivity contribution >= 4 is 40.7 Å². The normalized spacial score (nSPS) is 14.9. The maximum atomic E-state index is 6.37. The van der Waals surface area contributed by atoms with E-state index in [1.807, 2.05) is 48.0 Å². The van der Waals surface area contributed by atoms with Gasteiger partial charge in [-0.2, -0.15) is 0 Å². The summed E-state index contributed by atoms with van der Waals surface area (Å²) < 4.78 is 0. The molecule has 1 aliphatic heterocycles. The van der Waals surface area contributed by atoms with Gasteiger partial charge in [0.2, 0.25) is 5.95 Å². The first-order valence-electron chi connectivity index (χ1n) is 9.05. The average Bonchev–Trinajstić information content (AvgIpc) is 3.25. The first-order chi connectivity index (χ1) is 14.2. The van der Waals surface area contributed by atoms with E-state index in [9.17, 15) is 0 Å². The Hall–Kier alpha value is -3.03. The molecule has 3 heterocycles. The van der Waals surface area contributed by atoms with Gasteiger partial charge in [0.1, 0.15) is 5.03 Å². The predicted octanol–water partition coefficient (Wildman–Crippen LogP) is 4.10. The number of rotatable bonds is 6. The lowest BCUT2D eigenvalue weighted by molar-refractivity contribution is 0.970. The molecule has 1 aromatic carbocycles. The molecule has 0 radical (unpaired) electrons. The molecule has 0 saturated heterocycles. The zero-order valence-corrected chi connectivity index (χ0v) is 17.0. The summed E-state index contributed by atoms with van der Waals surface area (Å²) in [7, 11) is 0. The Morgan fingerprint density at radius 3 is 2.93 bits per heavy atom. The molecule has 4 rings (SSSR count). The minimum atomic E-state index is 0.543. The van der Waals surface area contributed by atoms with Gasteiger partial charge >= 0.3 is 0 Å². The topological polar surface area (TPSA) is 88.8 Å². The number of nitrogens with two attached hydrogens (primary N) is 1. The van der Waals surface area contributed by atoms with Crippen LogP contribution in [0, 0.1) is 0 Å². The fraction of sp³-hybridized carbons (Fsp3) is 0.0952. The molecule has 0 saturated carbocycles. The molecule has 0 amide bonds. The molecule has 0 unspecified atom stereocenters. The highest BCUT2D eigenvalue weighted by Gasteiger charge is 2.17. The van der Waals surface area contributed by atoms with Crippen LogP contribution in [0.3, 0.4) is 0 Å². The number of benzene rings is 1. The minimum absolute atomic E-state index is 0.543. The average molecular weight is 423 g/mol. The van der Waals surface area contributed by atoms with Gasteiger partial charge in [-0.3, -0.25) is 4.98 Å². The standard InChI is InChI=1S/C21H19ClN6S/c22-16-5-1-4-15(11-16)18-13-29-20(27-18)19(23)17-7-10-26-21(28-17)25-9-6-14-3-2-8-24-12-14/h1-5,7-8,10-13,27H,6,9,23H2,(H,25,26,28)/b20-19+. The summed E-state index contributed by atoms with van der Waals surface area (Å²) in [4.78, 5) is 12.9. The molecule has 29 heavy (non-hydrogen) atoms. The maximum absolute atomic E-state index is 6.37. The van der Waals surface area contributed by atoms with Gasteiger partial charge in [-0.1, -0.05) is 41.6 Å². The summed E-state index contributed by atoms with van der Waals surface area (Å²) in [6.45, 7) is 0.707. The molecule has 0 spiro atoms. The third-order valence-electron chi connectivity index (χ3n) is 4.27. The molecule has 1 aliphatic rings. The fourth-order valence-electron chi connectivity index (χ4n) is 2.80. The number of hydrogen-bond acceptors (Lipinski definition) is 7. The lowest BCUT2D eigenvalue weighted by atomic mass is 10.2. The smallest absolute Gasteiger partial charge is 0.223 e. The Kier molecular flexibility index (Phi) is 5.97. The lowest BCUT2D eigenvalue weighted by Crippen LogP contribution is -2.13. The number of hydrogen-bond donors (Lipinski definition) is 3. The van der Waals surface area contributed by atoms with Crippen LogP contribution in [-0.4, -0.2) is 21.5 Å². The van der Waals surface area contributed by atoms with Gasteiger partial charge in [0.15, 0.2) is 0 Å². The van der Waals surface area contributed by atoms with Crippen molar-refractivity contribution < 1.29 is 0 Å². The van der Waals surface area contributed by atoms with Crippen LogP contribution in [0.5, 0.6) is 0 Å². The second kappa shape index (κ2) is 8.98. The van der Waals surface area contributed by atoms with Crippen molar-refractivity contribution in [2.24, 2.45) is 5.73 Å². The third-order valence-corrected chi connectivity index (χ3v) is 5.42. The highest BCUT2D eigenvalue weighted by molar-refractivity contribution is 8.06. The molecular formula is C21H19ClN6S. The molecule has 8 heteroatoms. The molecule has 3 aromatic rings. The van der Waals surface area contributed by atoms with Crippen LogP contribution in [0.25, 0.3) is 11.4 Å². The van der Waals surface area contributed by atoms with E-state index in [1.54, 1.807) is 18.5 Å². The molecule has 4 N–H and O–H groups in total. The highest BCUT2D eigenvalue weighted by Crippen LogP contribution is 2.33. The van der Waals surface area contributed by atoms with Gasteiger partial charge in [0.05, 0.1) is 17.1 Å². The second-order valence-electron chi connectivity index (χ2n) is 6.33. The minimum Gasteiger partial charge on any atom is -0.395 e. The highest BCUT2D eigenvalue weighted by atomic mass is 35.5. The molecule has 0 fully saturated rings. The summed E-state index contributed by atoms with van der Waals surface area (Å²) in [5.41, 5.74) is 10.7. The van der Waals surface area contributed by atoms with Crippen LogP contribution in [0.4, 0.5) is 5.95 Å². The first-order valence-corrected chi connectivity index (χ1v) is 10.3. The summed E-state index contributed by atoms with van der Waals surface area (Å²) in [6, 6.07) is 13.5. The Morgan fingerprint density at radius 1 is 1.17 bits per heavy atom. The largest absolute Gasteiger partial charge is 0.395 e. The number of thioether (sulfide) groups is 1. The van der Waals surface area contributed by atoms with Crippen molar-refractivity contribution in [3.63, 3.8) is 0 Å². The van der Waals surface area contributed by atoms with Gasteiger partial charge in [0, 0.05) is 35.6 Å². The van der Waals surface area contributed by atoms with Crippen LogP contribution in [0.2, 0.25) is 5.02 Å². The first kappa shape index (κ1) is 19.3. The molecular weight excluding hydrogens is 404 g/mol. The quantitative estimate of drug-likeness (QED) is 0.551. The van der Waals surface area contributed by atoms with Gasteiger partial charge < -0.3 is 16.4 Å². The Labute approximate surface area is 178 Å². The van der Waals surface area contributed by atoms with E-state index in [-0.39, 0.29) is 0 Å². The van der Waals surface area contributed by atoms with E-state index >= 15 is 0 Å². The van der Waals surface area contributed by atoms with Gasteiger partial charge in [0.25, 0.3) is 0 Å². The third kappa shape index (κ3) is 4.88. The lowest BCUT2D eigenvalue weighted by Gasteiger charge is -2.10. The van der Waals surface area contributed by atoms with Crippen LogP contribution >= 0.6 is 23.4 Å². The van der Waals surface area contributed by atoms with E-state index in [0.29, 0.717) is 28.9 Å². The SMILES string of the molecule is N/C(=C1\NC(c2cccc(Cl)c2)=CS1)c1ccnc(NCCc2cccnc2)n1. The second-order valence-corrected chi connectivity index (χ2v) is 7.65. The summed E-state index contributed by atoms with van der Waals surface area (Å²) in [5, 5.41) is 10.1. The Balaban J connectivity index is 1.42. The number of nitrogens with one attached hydrogen (secondary N) is 2. The van der Waals surface area contributed by atoms with Gasteiger partial charge in [-0.05, 0) is 41.8 Å². The number of aromatic nitrogens is 3. The summed E-state index contributed by atoms with van der Waals surface area (Å²) in [6.07, 6.45) is 6.16. The zero-order chi connectivity index (χ0) is 20.1. The molecule has 146 valence electrons. The van der Waals surface area contributed by atoms with Crippen LogP contribution in [0.15, 0.2) is 71.5 Å². The monoisotopic (exact) mass is 422 g/mol. The van der Waals surface area contributed by atoms with E-state index in [2.05, 4.69) is 25.6 Å². The molecule has 2 aromatic heterocycles. The van der Waals surface area contributed by atoms with Crippen molar-refractivity contribution in [2.75, 3.05) is 11.9 Å². The molecule has 6 nitrogen and oxygen atoms in total. The maximum Gasteiger partial charge on any atom is 0.223 e. The van der Waals surface area contributed by atoms with Crippen molar-refractivity contribution in [1.29, 1.82) is 0 Å². The molecule has 0 aliphatic carbocycles. The van der Waals surface area contributed by atoms with Crippen molar-refractivity contribution in [1.82, 2.24) is 20.3 Å². The van der Waals surface area contributed by atoms with Gasteiger partial charge in [-0.15, -0.1) is 0 Å². The molecule has 0 bridgehead atoms. The zero-order valence-electron chi connectivity index (χ0n) is 15.5. The van der Waals surface area contributed by atoms with Crippen molar-refractivity contribution in [3.8, 4) is 0 Å². The van der Waals surface area contributed by atoms with E-state index in [4.69, 9.17) is 17.3 Å².